The van der Waals surface area contributed by atoms with E-state index in [-0.39, 0.29) is 17.7 Å². The summed E-state index contributed by atoms with van der Waals surface area (Å²) in [4.78, 5) is 27.9. The molecular formula is C16H18ClN3O2S. The summed E-state index contributed by atoms with van der Waals surface area (Å²) >= 11 is 7.47. The molecule has 2 rings (SSSR count). The van der Waals surface area contributed by atoms with Gasteiger partial charge in [-0.25, -0.2) is 4.98 Å². The number of benzene rings is 1. The van der Waals surface area contributed by atoms with Crippen LogP contribution < -0.4 is 10.6 Å². The van der Waals surface area contributed by atoms with E-state index in [1.807, 2.05) is 37.4 Å². The summed E-state index contributed by atoms with van der Waals surface area (Å²) in [6.07, 6.45) is 0. The number of hydrogen-bond donors (Lipinski definition) is 2. The van der Waals surface area contributed by atoms with E-state index in [4.69, 9.17) is 11.6 Å². The van der Waals surface area contributed by atoms with Crippen LogP contribution in [0.5, 0.6) is 0 Å². The van der Waals surface area contributed by atoms with E-state index in [1.54, 1.807) is 6.07 Å². The maximum absolute atomic E-state index is 12.3. The lowest BCUT2D eigenvalue weighted by Crippen LogP contribution is -2.46. The number of anilines is 1. The van der Waals surface area contributed by atoms with E-state index >= 15 is 0 Å². The molecule has 1 aromatic carbocycles. The van der Waals surface area contributed by atoms with Gasteiger partial charge < -0.3 is 10.6 Å². The first-order chi connectivity index (χ1) is 10.9. The van der Waals surface area contributed by atoms with Crippen molar-refractivity contribution < 1.29 is 9.59 Å². The summed E-state index contributed by atoms with van der Waals surface area (Å²) in [5.74, 6) is -0.549. The molecule has 0 aliphatic rings. The first kappa shape index (κ1) is 17.4. The molecule has 1 unspecified atom stereocenters. The van der Waals surface area contributed by atoms with Crippen molar-refractivity contribution in [2.75, 3.05) is 5.32 Å². The standard InChI is InChI=1S/C16H18ClN3O2S/c1-9(2)14(18-10(3)21)15(22)20-16-19-13(8-23-16)11-6-4-5-7-12(11)17/h4-9,14H,1-3H3,(H,18,21)(H,19,20,22). The summed E-state index contributed by atoms with van der Waals surface area (Å²) in [7, 11) is 0. The summed E-state index contributed by atoms with van der Waals surface area (Å²) in [5.41, 5.74) is 1.52. The Bertz CT molecular complexity index is 715. The molecule has 0 saturated carbocycles. The van der Waals surface area contributed by atoms with E-state index in [1.165, 1.54) is 18.3 Å². The van der Waals surface area contributed by atoms with Gasteiger partial charge in [0.25, 0.3) is 0 Å². The number of carbonyl (C=O) groups excluding carboxylic acids is 2. The zero-order chi connectivity index (χ0) is 17.0. The van der Waals surface area contributed by atoms with Gasteiger partial charge in [0.2, 0.25) is 11.8 Å². The van der Waals surface area contributed by atoms with Crippen LogP contribution in [0.15, 0.2) is 29.6 Å². The van der Waals surface area contributed by atoms with Gasteiger partial charge in [0.05, 0.1) is 5.69 Å². The summed E-state index contributed by atoms with van der Waals surface area (Å²) in [5, 5.41) is 8.31. The van der Waals surface area contributed by atoms with Gasteiger partial charge in [-0.1, -0.05) is 43.6 Å². The van der Waals surface area contributed by atoms with Crippen molar-refractivity contribution in [2.45, 2.75) is 26.8 Å². The van der Waals surface area contributed by atoms with Crippen LogP contribution in [0.4, 0.5) is 5.13 Å². The number of nitrogens with zero attached hydrogens (tertiary/aromatic N) is 1. The Morgan fingerprint density at radius 2 is 1.96 bits per heavy atom. The molecule has 1 atom stereocenters. The second kappa shape index (κ2) is 7.57. The van der Waals surface area contributed by atoms with Crippen molar-refractivity contribution in [3.05, 3.63) is 34.7 Å². The first-order valence-corrected chi connectivity index (χ1v) is 8.42. The highest BCUT2D eigenvalue weighted by molar-refractivity contribution is 7.14. The minimum Gasteiger partial charge on any atom is -0.344 e. The molecule has 0 spiro atoms. The number of hydrogen-bond acceptors (Lipinski definition) is 4. The van der Waals surface area contributed by atoms with Crippen LogP contribution in [-0.4, -0.2) is 22.8 Å². The van der Waals surface area contributed by atoms with Gasteiger partial charge in [0.15, 0.2) is 5.13 Å². The molecule has 0 aliphatic heterocycles. The van der Waals surface area contributed by atoms with Crippen molar-refractivity contribution in [3.63, 3.8) is 0 Å². The number of aromatic nitrogens is 1. The summed E-state index contributed by atoms with van der Waals surface area (Å²) in [6, 6.07) is 6.80. The Morgan fingerprint density at radius 3 is 2.57 bits per heavy atom. The molecule has 23 heavy (non-hydrogen) atoms. The van der Waals surface area contributed by atoms with Crippen molar-refractivity contribution in [2.24, 2.45) is 5.92 Å². The van der Waals surface area contributed by atoms with Gasteiger partial charge >= 0.3 is 0 Å². The van der Waals surface area contributed by atoms with E-state index in [9.17, 15) is 9.59 Å². The fourth-order valence-corrected chi connectivity index (χ4v) is 3.01. The Morgan fingerprint density at radius 1 is 1.26 bits per heavy atom. The van der Waals surface area contributed by atoms with Gasteiger partial charge in [-0.2, -0.15) is 0 Å². The number of halogens is 1. The maximum Gasteiger partial charge on any atom is 0.248 e. The Hall–Kier alpha value is -1.92. The zero-order valence-electron chi connectivity index (χ0n) is 13.1. The van der Waals surface area contributed by atoms with E-state index in [2.05, 4.69) is 15.6 Å². The zero-order valence-corrected chi connectivity index (χ0v) is 14.7. The van der Waals surface area contributed by atoms with Gasteiger partial charge in [-0.15, -0.1) is 11.3 Å². The molecule has 0 bridgehead atoms. The number of amides is 2. The van der Waals surface area contributed by atoms with E-state index in [0.717, 1.165) is 5.56 Å². The predicted molar refractivity (Wildman–Crippen MR) is 93.6 cm³/mol. The number of nitrogens with one attached hydrogen (secondary N) is 2. The predicted octanol–water partition coefficient (Wildman–Crippen LogP) is 3.56. The average Bonchev–Trinajstić information content (AvgIpc) is 2.93. The molecule has 7 heteroatoms. The highest BCUT2D eigenvalue weighted by Crippen LogP contribution is 2.30. The minimum atomic E-state index is -0.597. The first-order valence-electron chi connectivity index (χ1n) is 7.17. The normalized spacial score (nSPS) is 12.0. The molecular weight excluding hydrogens is 334 g/mol. The highest BCUT2D eigenvalue weighted by atomic mass is 35.5. The van der Waals surface area contributed by atoms with Gasteiger partial charge in [0, 0.05) is 22.9 Å². The Balaban J connectivity index is 2.13. The monoisotopic (exact) mass is 351 g/mol. The van der Waals surface area contributed by atoms with Crippen LogP contribution in [0, 0.1) is 5.92 Å². The second-order valence-corrected chi connectivity index (χ2v) is 6.69. The molecule has 2 N–H and O–H groups in total. The van der Waals surface area contributed by atoms with Crippen LogP contribution >= 0.6 is 22.9 Å². The summed E-state index contributed by atoms with van der Waals surface area (Å²) in [6.45, 7) is 5.13. The van der Waals surface area contributed by atoms with Crippen molar-refractivity contribution >= 4 is 39.9 Å². The Labute approximate surface area is 144 Å². The SMILES string of the molecule is CC(=O)NC(C(=O)Nc1nc(-c2ccccc2Cl)cs1)C(C)C. The van der Waals surface area contributed by atoms with Crippen LogP contribution in [0.2, 0.25) is 5.02 Å². The molecule has 122 valence electrons. The van der Waals surface area contributed by atoms with Gasteiger partial charge in [-0.3, -0.25) is 9.59 Å². The molecule has 0 radical (unpaired) electrons. The van der Waals surface area contributed by atoms with E-state index < -0.39 is 6.04 Å². The van der Waals surface area contributed by atoms with Gasteiger partial charge in [-0.05, 0) is 12.0 Å². The van der Waals surface area contributed by atoms with Crippen molar-refractivity contribution in [3.8, 4) is 11.3 Å². The van der Waals surface area contributed by atoms with Gasteiger partial charge in [0.1, 0.15) is 6.04 Å². The van der Waals surface area contributed by atoms with Crippen LogP contribution in [-0.2, 0) is 9.59 Å². The smallest absolute Gasteiger partial charge is 0.248 e. The molecule has 0 fully saturated rings. The number of carbonyl (C=O) groups is 2. The third kappa shape index (κ3) is 4.53. The molecule has 5 nitrogen and oxygen atoms in total. The molecule has 1 heterocycles. The Kier molecular flexibility index (Phi) is 5.74. The third-order valence-electron chi connectivity index (χ3n) is 3.19. The number of rotatable bonds is 5. The molecule has 0 aliphatic carbocycles. The fourth-order valence-electron chi connectivity index (χ4n) is 2.06. The minimum absolute atomic E-state index is 0.0260. The van der Waals surface area contributed by atoms with Crippen molar-refractivity contribution in [1.82, 2.24) is 10.3 Å². The lowest BCUT2D eigenvalue weighted by molar-refractivity contribution is -0.126. The topological polar surface area (TPSA) is 71.1 Å². The van der Waals surface area contributed by atoms with Crippen LogP contribution in [0.3, 0.4) is 0 Å². The van der Waals surface area contributed by atoms with Crippen LogP contribution in [0.1, 0.15) is 20.8 Å². The van der Waals surface area contributed by atoms with Crippen molar-refractivity contribution in [1.29, 1.82) is 0 Å². The lowest BCUT2D eigenvalue weighted by Gasteiger charge is -2.20. The quantitative estimate of drug-likeness (QED) is 0.865. The molecule has 0 saturated heterocycles. The summed E-state index contributed by atoms with van der Waals surface area (Å²) < 4.78 is 0. The highest BCUT2D eigenvalue weighted by Gasteiger charge is 2.24. The lowest BCUT2D eigenvalue weighted by atomic mass is 10.0. The largest absolute Gasteiger partial charge is 0.344 e. The molecule has 1 aromatic heterocycles. The average molecular weight is 352 g/mol. The molecule has 2 amide bonds. The molecule has 2 aromatic rings. The number of thiazole rings is 1. The second-order valence-electron chi connectivity index (χ2n) is 5.43. The third-order valence-corrected chi connectivity index (χ3v) is 4.28. The maximum atomic E-state index is 12.3. The van der Waals surface area contributed by atoms with E-state index in [0.29, 0.717) is 15.8 Å². The fraction of sp³-hybridized carbons (Fsp3) is 0.312. The van der Waals surface area contributed by atoms with Crippen LogP contribution in [0.25, 0.3) is 11.3 Å².